The number of aryl methyl sites for hydroxylation is 2. The van der Waals surface area contributed by atoms with Crippen molar-refractivity contribution in [3.05, 3.63) is 53.1 Å². The molecule has 0 radical (unpaired) electrons. The highest BCUT2D eigenvalue weighted by Gasteiger charge is 2.57. The van der Waals surface area contributed by atoms with Gasteiger partial charge >= 0.3 is 0 Å². The molecule has 1 saturated heterocycles. The number of hydrogen-bond donors (Lipinski definition) is 0. The van der Waals surface area contributed by atoms with E-state index in [9.17, 15) is 13.2 Å². The van der Waals surface area contributed by atoms with Gasteiger partial charge in [0.1, 0.15) is 11.5 Å². The summed E-state index contributed by atoms with van der Waals surface area (Å²) in [7, 11) is -0.750. The number of hydrogen-bond acceptors (Lipinski definition) is 5. The lowest BCUT2D eigenvalue weighted by Gasteiger charge is -2.51. The molecule has 0 N–H and O–H groups in total. The molecular weight excluding hydrogens is 390 g/mol. The highest BCUT2D eigenvalue weighted by atomic mass is 32.2. The monoisotopic (exact) mass is 415 g/mol. The summed E-state index contributed by atoms with van der Waals surface area (Å²) in [5, 5.41) is -1.21. The van der Waals surface area contributed by atoms with Gasteiger partial charge in [-0.2, -0.15) is 0 Å². The van der Waals surface area contributed by atoms with Crippen molar-refractivity contribution < 1.29 is 22.7 Å². The van der Waals surface area contributed by atoms with Crippen molar-refractivity contribution in [3.63, 3.8) is 0 Å². The van der Waals surface area contributed by atoms with E-state index in [1.54, 1.807) is 50.6 Å². The molecule has 7 heteroatoms. The third-order valence-corrected chi connectivity index (χ3v) is 8.44. The number of carbonyl (C=O) groups is 1. The van der Waals surface area contributed by atoms with Crippen molar-refractivity contribution in [2.75, 3.05) is 14.2 Å². The summed E-state index contributed by atoms with van der Waals surface area (Å²) in [5.41, 5.74) is 1.69. The van der Waals surface area contributed by atoms with Gasteiger partial charge < -0.3 is 14.4 Å². The number of likely N-dealkylation sites (tertiary alicyclic amines) is 1. The number of benzene rings is 2. The van der Waals surface area contributed by atoms with Crippen LogP contribution in [0.2, 0.25) is 0 Å². The van der Waals surface area contributed by atoms with Crippen LogP contribution in [0.4, 0.5) is 0 Å². The number of nitrogens with zero attached hydrogens (tertiary/aromatic N) is 1. The van der Waals surface area contributed by atoms with Crippen LogP contribution in [-0.4, -0.2) is 44.4 Å². The van der Waals surface area contributed by atoms with Gasteiger partial charge in [-0.25, -0.2) is 8.42 Å². The van der Waals surface area contributed by atoms with Crippen LogP contribution in [0.3, 0.4) is 0 Å². The number of fused-ring (bicyclic) bond motifs is 4. The SMILES string of the molecule is COc1ccc2c(c1)[C@H]1C[C@](C)(O2)N(C)C(=O)[C@H]1S(=O)(=O)c1ccc(C)c(C)c1. The van der Waals surface area contributed by atoms with Crippen LogP contribution in [0.15, 0.2) is 41.3 Å². The van der Waals surface area contributed by atoms with Crippen molar-refractivity contribution >= 4 is 15.7 Å². The maximum atomic E-state index is 13.7. The predicted molar refractivity (Wildman–Crippen MR) is 109 cm³/mol. The standard InChI is InChI=1S/C22H25NO5S/c1-13-6-8-16(10-14(13)2)29(25,26)20-18-12-22(3,23(4)21(20)24)28-19-9-7-15(27-5)11-17(18)19/h6-11,18,20H,12H2,1-5H3/t18-,20+,22+/m1/s1. The van der Waals surface area contributed by atoms with Crippen LogP contribution >= 0.6 is 0 Å². The molecule has 4 rings (SSSR count). The van der Waals surface area contributed by atoms with Crippen molar-refractivity contribution in [2.24, 2.45) is 0 Å². The molecule has 29 heavy (non-hydrogen) atoms. The van der Waals surface area contributed by atoms with E-state index in [2.05, 4.69) is 0 Å². The minimum atomic E-state index is -3.91. The zero-order valence-corrected chi connectivity index (χ0v) is 18.0. The number of rotatable bonds is 3. The van der Waals surface area contributed by atoms with Crippen molar-refractivity contribution in [2.45, 2.75) is 49.0 Å². The van der Waals surface area contributed by atoms with Crippen LogP contribution in [0.1, 0.15) is 36.0 Å². The van der Waals surface area contributed by atoms with Gasteiger partial charge in [-0.15, -0.1) is 0 Å². The number of methoxy groups -OCH3 is 1. The second kappa shape index (κ2) is 6.49. The second-order valence-corrected chi connectivity index (χ2v) is 10.2. The molecule has 154 valence electrons. The summed E-state index contributed by atoms with van der Waals surface area (Å²) in [6.45, 7) is 5.62. The first-order chi connectivity index (χ1) is 13.6. The highest BCUT2D eigenvalue weighted by Crippen LogP contribution is 2.50. The summed E-state index contributed by atoms with van der Waals surface area (Å²) in [6, 6.07) is 10.4. The van der Waals surface area contributed by atoms with Gasteiger partial charge in [0.05, 0.1) is 12.0 Å². The van der Waals surface area contributed by atoms with Crippen LogP contribution in [0, 0.1) is 13.8 Å². The Morgan fingerprint density at radius 3 is 2.52 bits per heavy atom. The lowest BCUT2D eigenvalue weighted by Crippen LogP contribution is -2.64. The van der Waals surface area contributed by atoms with Gasteiger partial charge in [-0.3, -0.25) is 4.79 Å². The molecule has 0 unspecified atom stereocenters. The lowest BCUT2D eigenvalue weighted by molar-refractivity contribution is -0.159. The number of amides is 1. The Morgan fingerprint density at radius 2 is 1.86 bits per heavy atom. The molecule has 0 aliphatic carbocycles. The molecular formula is C22H25NO5S. The number of sulfone groups is 1. The average Bonchev–Trinajstić information content (AvgIpc) is 2.68. The minimum absolute atomic E-state index is 0.173. The highest BCUT2D eigenvalue weighted by molar-refractivity contribution is 7.92. The van der Waals surface area contributed by atoms with E-state index in [0.717, 1.165) is 11.1 Å². The van der Waals surface area contributed by atoms with Gasteiger partial charge in [0.15, 0.2) is 20.8 Å². The van der Waals surface area contributed by atoms with Gasteiger partial charge in [-0.05, 0) is 62.2 Å². The first-order valence-electron chi connectivity index (χ1n) is 9.54. The molecule has 1 amide bonds. The Kier molecular flexibility index (Phi) is 4.42. The smallest absolute Gasteiger partial charge is 0.244 e. The maximum absolute atomic E-state index is 13.7. The Morgan fingerprint density at radius 1 is 1.14 bits per heavy atom. The molecule has 6 nitrogen and oxygen atoms in total. The third-order valence-electron chi connectivity index (χ3n) is 6.34. The molecule has 2 bridgehead atoms. The van der Waals surface area contributed by atoms with E-state index >= 15 is 0 Å². The molecule has 2 aliphatic rings. The van der Waals surface area contributed by atoms with Crippen molar-refractivity contribution in [1.29, 1.82) is 0 Å². The number of carbonyl (C=O) groups excluding carboxylic acids is 1. The van der Waals surface area contributed by atoms with Crippen LogP contribution < -0.4 is 9.47 Å². The third kappa shape index (κ3) is 2.90. The van der Waals surface area contributed by atoms with E-state index in [4.69, 9.17) is 9.47 Å². The number of piperidine rings is 1. The van der Waals surface area contributed by atoms with Crippen LogP contribution in [-0.2, 0) is 14.6 Å². The fraction of sp³-hybridized carbons (Fsp3) is 0.409. The van der Waals surface area contributed by atoms with Crippen LogP contribution in [0.25, 0.3) is 0 Å². The number of ether oxygens (including phenoxy) is 2. The summed E-state index contributed by atoms with van der Waals surface area (Å²) < 4.78 is 38.8. The van der Waals surface area contributed by atoms with E-state index in [1.807, 2.05) is 20.8 Å². The molecule has 0 aromatic heterocycles. The summed E-state index contributed by atoms with van der Waals surface area (Å²) in [5.74, 6) is 0.221. The molecule has 0 spiro atoms. The van der Waals surface area contributed by atoms with Gasteiger partial charge in [0.25, 0.3) is 0 Å². The molecule has 2 aliphatic heterocycles. The Hall–Kier alpha value is -2.54. The van der Waals surface area contributed by atoms with Gasteiger partial charge in [0, 0.05) is 24.9 Å². The maximum Gasteiger partial charge on any atom is 0.244 e. The fourth-order valence-corrected chi connectivity index (χ4v) is 6.28. The van der Waals surface area contributed by atoms with Crippen molar-refractivity contribution in [1.82, 2.24) is 4.90 Å². The second-order valence-electron chi connectivity index (χ2n) is 8.10. The normalized spacial score (nSPS) is 26.0. The first-order valence-corrected chi connectivity index (χ1v) is 11.1. The summed E-state index contributed by atoms with van der Waals surface area (Å²) >= 11 is 0. The summed E-state index contributed by atoms with van der Waals surface area (Å²) in [6.07, 6.45) is 0.393. The molecule has 3 atom stereocenters. The topological polar surface area (TPSA) is 72.9 Å². The van der Waals surface area contributed by atoms with Crippen molar-refractivity contribution in [3.8, 4) is 11.5 Å². The van der Waals surface area contributed by atoms with Gasteiger partial charge in [-0.1, -0.05) is 6.07 Å². The molecule has 2 aromatic carbocycles. The molecule has 0 saturated carbocycles. The molecule has 2 heterocycles. The lowest BCUT2D eigenvalue weighted by atomic mass is 9.80. The zero-order valence-electron chi connectivity index (χ0n) is 17.2. The molecule has 1 fully saturated rings. The quantitative estimate of drug-likeness (QED) is 0.770. The summed E-state index contributed by atoms with van der Waals surface area (Å²) in [4.78, 5) is 14.9. The largest absolute Gasteiger partial charge is 0.497 e. The zero-order chi connectivity index (χ0) is 21.1. The fourth-order valence-electron chi connectivity index (χ4n) is 4.29. The average molecular weight is 416 g/mol. The van der Waals surface area contributed by atoms with E-state index in [-0.39, 0.29) is 4.90 Å². The van der Waals surface area contributed by atoms with Crippen LogP contribution in [0.5, 0.6) is 11.5 Å². The Balaban J connectivity index is 1.90. The van der Waals surface area contributed by atoms with Gasteiger partial charge in [0.2, 0.25) is 5.91 Å². The molecule has 2 aromatic rings. The van der Waals surface area contributed by atoms with E-state index in [0.29, 0.717) is 23.5 Å². The van der Waals surface area contributed by atoms with E-state index in [1.165, 1.54) is 4.90 Å². The first kappa shape index (κ1) is 19.8. The van der Waals surface area contributed by atoms with E-state index < -0.39 is 32.6 Å². The minimum Gasteiger partial charge on any atom is -0.497 e. The Labute approximate surface area is 171 Å². The Bertz CT molecular complexity index is 1110. The predicted octanol–water partition coefficient (Wildman–Crippen LogP) is 3.21.